The Labute approximate surface area is 156 Å². The molecule has 0 saturated carbocycles. The SMILES string of the molecule is Oc1ccc2ccccc2c1[C@@H](c1ccc(Br)cc1)N1CCOCC1. The molecule has 0 bridgehead atoms. The minimum Gasteiger partial charge on any atom is -0.508 e. The van der Waals surface area contributed by atoms with Crippen LogP contribution in [0.1, 0.15) is 17.2 Å². The fourth-order valence-electron chi connectivity index (χ4n) is 3.61. The van der Waals surface area contributed by atoms with E-state index in [2.05, 4.69) is 57.2 Å². The molecular formula is C21H20BrNO2. The van der Waals surface area contributed by atoms with Crippen molar-refractivity contribution in [2.75, 3.05) is 26.3 Å². The Kier molecular flexibility index (Phi) is 4.75. The number of halogens is 1. The van der Waals surface area contributed by atoms with Gasteiger partial charge in [-0.05, 0) is 34.5 Å². The number of rotatable bonds is 3. The molecule has 0 aromatic heterocycles. The summed E-state index contributed by atoms with van der Waals surface area (Å²) < 4.78 is 6.60. The molecule has 4 heteroatoms. The molecule has 0 spiro atoms. The van der Waals surface area contributed by atoms with Crippen molar-refractivity contribution in [1.82, 2.24) is 4.90 Å². The minimum absolute atomic E-state index is 0.00287. The highest BCUT2D eigenvalue weighted by Crippen LogP contribution is 2.39. The number of phenols is 1. The third-order valence-corrected chi connectivity index (χ3v) is 5.35. The predicted octanol–water partition coefficient (Wildman–Crippen LogP) is 4.73. The number of aromatic hydroxyl groups is 1. The van der Waals surface area contributed by atoms with Crippen LogP contribution in [0.4, 0.5) is 0 Å². The van der Waals surface area contributed by atoms with Gasteiger partial charge in [0.05, 0.1) is 19.3 Å². The summed E-state index contributed by atoms with van der Waals surface area (Å²) in [5.41, 5.74) is 2.15. The van der Waals surface area contributed by atoms with Crippen LogP contribution in [0.5, 0.6) is 5.75 Å². The molecule has 1 fully saturated rings. The van der Waals surface area contributed by atoms with E-state index in [-0.39, 0.29) is 6.04 Å². The van der Waals surface area contributed by atoms with Crippen molar-refractivity contribution in [1.29, 1.82) is 0 Å². The van der Waals surface area contributed by atoms with Gasteiger partial charge >= 0.3 is 0 Å². The smallest absolute Gasteiger partial charge is 0.121 e. The number of morpholine rings is 1. The molecule has 25 heavy (non-hydrogen) atoms. The molecule has 1 saturated heterocycles. The van der Waals surface area contributed by atoms with Crippen LogP contribution in [0.2, 0.25) is 0 Å². The van der Waals surface area contributed by atoms with E-state index < -0.39 is 0 Å². The van der Waals surface area contributed by atoms with E-state index in [1.807, 2.05) is 24.3 Å². The summed E-state index contributed by atoms with van der Waals surface area (Å²) in [7, 11) is 0. The van der Waals surface area contributed by atoms with Crippen LogP contribution in [-0.4, -0.2) is 36.3 Å². The summed E-state index contributed by atoms with van der Waals surface area (Å²) >= 11 is 3.52. The lowest BCUT2D eigenvalue weighted by molar-refractivity contribution is 0.0238. The van der Waals surface area contributed by atoms with Gasteiger partial charge in [-0.25, -0.2) is 0 Å². The number of ether oxygens (including phenoxy) is 1. The third kappa shape index (κ3) is 3.30. The highest BCUT2D eigenvalue weighted by molar-refractivity contribution is 9.10. The lowest BCUT2D eigenvalue weighted by Gasteiger charge is -2.36. The maximum absolute atomic E-state index is 10.8. The fourth-order valence-corrected chi connectivity index (χ4v) is 3.88. The highest BCUT2D eigenvalue weighted by Gasteiger charge is 2.28. The van der Waals surface area contributed by atoms with Crippen LogP contribution in [0.3, 0.4) is 0 Å². The Balaban J connectivity index is 1.91. The number of hydrogen-bond acceptors (Lipinski definition) is 3. The molecule has 1 aliphatic heterocycles. The molecular weight excluding hydrogens is 378 g/mol. The van der Waals surface area contributed by atoms with Crippen LogP contribution in [-0.2, 0) is 4.74 Å². The van der Waals surface area contributed by atoms with Gasteiger partial charge in [0.2, 0.25) is 0 Å². The van der Waals surface area contributed by atoms with Gasteiger partial charge in [-0.3, -0.25) is 4.90 Å². The van der Waals surface area contributed by atoms with E-state index in [0.717, 1.165) is 47.1 Å². The highest BCUT2D eigenvalue weighted by atomic mass is 79.9. The van der Waals surface area contributed by atoms with Gasteiger partial charge in [0.15, 0.2) is 0 Å². The molecule has 1 aliphatic rings. The zero-order valence-corrected chi connectivity index (χ0v) is 15.4. The molecule has 1 atom stereocenters. The average Bonchev–Trinajstić information content (AvgIpc) is 2.66. The average molecular weight is 398 g/mol. The molecule has 3 nitrogen and oxygen atoms in total. The molecule has 4 rings (SSSR count). The maximum atomic E-state index is 10.8. The molecule has 1 N–H and O–H groups in total. The van der Waals surface area contributed by atoms with Crippen molar-refractivity contribution < 1.29 is 9.84 Å². The Bertz CT molecular complexity index is 873. The molecule has 0 aliphatic carbocycles. The molecule has 0 radical (unpaired) electrons. The lowest BCUT2D eigenvalue weighted by atomic mass is 9.91. The van der Waals surface area contributed by atoms with E-state index in [9.17, 15) is 5.11 Å². The summed E-state index contributed by atoms with van der Waals surface area (Å²) in [6.07, 6.45) is 0. The van der Waals surface area contributed by atoms with Gasteiger partial charge in [-0.15, -0.1) is 0 Å². The molecule has 128 valence electrons. The van der Waals surface area contributed by atoms with E-state index in [1.54, 1.807) is 0 Å². The first-order valence-corrected chi connectivity index (χ1v) is 9.31. The standard InChI is InChI=1S/C21H20BrNO2/c22-17-8-5-16(6-9-17)21(23-11-13-25-14-12-23)20-18-4-2-1-3-15(18)7-10-19(20)24/h1-10,21,24H,11-14H2/t21-/m1/s1. The number of benzene rings is 3. The van der Waals surface area contributed by atoms with Crippen LogP contribution in [0.15, 0.2) is 65.1 Å². The van der Waals surface area contributed by atoms with Crippen LogP contribution >= 0.6 is 15.9 Å². The molecule has 1 heterocycles. The third-order valence-electron chi connectivity index (χ3n) is 4.82. The van der Waals surface area contributed by atoms with Crippen LogP contribution in [0.25, 0.3) is 10.8 Å². The zero-order valence-electron chi connectivity index (χ0n) is 13.9. The zero-order chi connectivity index (χ0) is 17.2. The van der Waals surface area contributed by atoms with Crippen molar-refractivity contribution in [3.63, 3.8) is 0 Å². The van der Waals surface area contributed by atoms with Crippen LogP contribution in [0, 0.1) is 0 Å². The molecule has 3 aromatic rings. The largest absolute Gasteiger partial charge is 0.508 e. The second-order valence-electron chi connectivity index (χ2n) is 6.32. The van der Waals surface area contributed by atoms with Crippen LogP contribution < -0.4 is 0 Å². The quantitative estimate of drug-likeness (QED) is 0.693. The number of hydrogen-bond donors (Lipinski definition) is 1. The first-order chi connectivity index (χ1) is 12.2. The summed E-state index contributed by atoms with van der Waals surface area (Å²) in [5, 5.41) is 13.0. The summed E-state index contributed by atoms with van der Waals surface area (Å²) in [5.74, 6) is 0.345. The normalized spacial score (nSPS) is 16.8. The van der Waals surface area contributed by atoms with E-state index in [0.29, 0.717) is 5.75 Å². The monoisotopic (exact) mass is 397 g/mol. The number of phenolic OH excluding ortho intramolecular Hbond substituents is 1. The van der Waals surface area contributed by atoms with Crippen molar-refractivity contribution in [3.05, 3.63) is 76.3 Å². The Morgan fingerprint density at radius 2 is 1.64 bits per heavy atom. The van der Waals surface area contributed by atoms with Gasteiger partial charge in [-0.2, -0.15) is 0 Å². The summed E-state index contributed by atoms with van der Waals surface area (Å²) in [6.45, 7) is 3.14. The predicted molar refractivity (Wildman–Crippen MR) is 104 cm³/mol. The molecule has 0 unspecified atom stereocenters. The minimum atomic E-state index is 0.00287. The van der Waals surface area contributed by atoms with Crippen molar-refractivity contribution >= 4 is 26.7 Å². The fraction of sp³-hybridized carbons (Fsp3) is 0.238. The molecule has 0 amide bonds. The summed E-state index contributed by atoms with van der Waals surface area (Å²) in [6, 6.07) is 20.4. The summed E-state index contributed by atoms with van der Waals surface area (Å²) in [4.78, 5) is 2.40. The number of nitrogens with zero attached hydrogens (tertiary/aromatic N) is 1. The molecule has 3 aromatic carbocycles. The van der Waals surface area contributed by atoms with Crippen molar-refractivity contribution in [2.45, 2.75) is 6.04 Å². The Hall–Kier alpha value is -1.88. The lowest BCUT2D eigenvalue weighted by Crippen LogP contribution is -2.39. The van der Waals surface area contributed by atoms with Gasteiger partial charge in [0, 0.05) is 23.1 Å². The second kappa shape index (κ2) is 7.16. The first kappa shape index (κ1) is 16.6. The first-order valence-electron chi connectivity index (χ1n) is 8.52. The Morgan fingerprint density at radius 1 is 0.920 bits per heavy atom. The van der Waals surface area contributed by atoms with E-state index in [1.165, 1.54) is 5.56 Å². The van der Waals surface area contributed by atoms with Crippen molar-refractivity contribution in [2.24, 2.45) is 0 Å². The van der Waals surface area contributed by atoms with Crippen molar-refractivity contribution in [3.8, 4) is 5.75 Å². The Morgan fingerprint density at radius 3 is 2.40 bits per heavy atom. The van der Waals surface area contributed by atoms with Gasteiger partial charge in [-0.1, -0.05) is 58.4 Å². The number of fused-ring (bicyclic) bond motifs is 1. The van der Waals surface area contributed by atoms with Gasteiger partial charge < -0.3 is 9.84 Å². The van der Waals surface area contributed by atoms with Gasteiger partial charge in [0.25, 0.3) is 0 Å². The van der Waals surface area contributed by atoms with E-state index in [4.69, 9.17) is 4.74 Å². The van der Waals surface area contributed by atoms with E-state index >= 15 is 0 Å². The maximum Gasteiger partial charge on any atom is 0.121 e. The second-order valence-corrected chi connectivity index (χ2v) is 7.24. The topological polar surface area (TPSA) is 32.7 Å². The van der Waals surface area contributed by atoms with Gasteiger partial charge in [0.1, 0.15) is 5.75 Å².